The number of aliphatic hydroxyl groups excluding tert-OH is 1. The first-order valence-corrected chi connectivity index (χ1v) is 4.68. The summed E-state index contributed by atoms with van der Waals surface area (Å²) in [6.45, 7) is 0.687. The summed E-state index contributed by atoms with van der Waals surface area (Å²) in [7, 11) is 3.38. The lowest BCUT2D eigenvalue weighted by Gasteiger charge is -2.36. The highest BCUT2D eigenvalue weighted by molar-refractivity contribution is 4.87. The summed E-state index contributed by atoms with van der Waals surface area (Å²) in [6.07, 6.45) is 2.48. The van der Waals surface area contributed by atoms with Crippen LogP contribution in [0, 0.1) is 0 Å². The molecule has 0 aliphatic heterocycles. The molecule has 0 bridgehead atoms. The van der Waals surface area contributed by atoms with Crippen molar-refractivity contribution in [2.45, 2.75) is 31.0 Å². The third-order valence-corrected chi connectivity index (χ3v) is 2.49. The van der Waals surface area contributed by atoms with E-state index in [0.29, 0.717) is 18.8 Å². The topological polar surface area (TPSA) is 50.7 Å². The Balaban J connectivity index is 2.10. The number of hydrogen-bond acceptors (Lipinski definition) is 4. The Bertz CT molecular complexity index is 137. The van der Waals surface area contributed by atoms with Crippen LogP contribution >= 0.6 is 0 Å². The van der Waals surface area contributed by atoms with Crippen molar-refractivity contribution in [2.24, 2.45) is 0 Å². The predicted octanol–water partition coefficient (Wildman–Crippen LogP) is -0.239. The van der Waals surface area contributed by atoms with Crippen molar-refractivity contribution in [2.75, 3.05) is 27.4 Å². The Morgan fingerprint density at radius 1 is 1.46 bits per heavy atom. The standard InChI is InChI=1S/C9H19NO3/c1-12-6-8(5-11)10-7-3-9(4-7)13-2/h7-11H,3-6H2,1-2H3. The molecule has 1 atom stereocenters. The zero-order chi connectivity index (χ0) is 9.68. The fourth-order valence-corrected chi connectivity index (χ4v) is 1.58. The molecular weight excluding hydrogens is 170 g/mol. The molecule has 0 saturated heterocycles. The van der Waals surface area contributed by atoms with Crippen LogP contribution in [0.5, 0.6) is 0 Å². The molecule has 1 rings (SSSR count). The van der Waals surface area contributed by atoms with E-state index < -0.39 is 0 Å². The quantitative estimate of drug-likeness (QED) is 0.605. The SMILES string of the molecule is COCC(CO)NC1CC(OC)C1. The smallest absolute Gasteiger partial charge is 0.0638 e. The van der Waals surface area contributed by atoms with Gasteiger partial charge in [-0.2, -0.15) is 0 Å². The highest BCUT2D eigenvalue weighted by Gasteiger charge is 2.30. The molecule has 0 aromatic carbocycles. The molecule has 4 nitrogen and oxygen atoms in total. The molecule has 13 heavy (non-hydrogen) atoms. The first-order valence-electron chi connectivity index (χ1n) is 4.68. The van der Waals surface area contributed by atoms with E-state index in [1.807, 2.05) is 0 Å². The van der Waals surface area contributed by atoms with Crippen LogP contribution in [0.3, 0.4) is 0 Å². The Labute approximate surface area is 79.2 Å². The molecule has 0 spiro atoms. The fraction of sp³-hybridized carbons (Fsp3) is 1.00. The molecule has 4 heteroatoms. The van der Waals surface area contributed by atoms with Gasteiger partial charge in [0.15, 0.2) is 0 Å². The fourth-order valence-electron chi connectivity index (χ4n) is 1.58. The highest BCUT2D eigenvalue weighted by atomic mass is 16.5. The van der Waals surface area contributed by atoms with Gasteiger partial charge in [-0.25, -0.2) is 0 Å². The molecule has 78 valence electrons. The minimum absolute atomic E-state index is 0.0628. The number of hydrogen-bond donors (Lipinski definition) is 2. The lowest BCUT2D eigenvalue weighted by atomic mass is 9.89. The summed E-state index contributed by atoms with van der Waals surface area (Å²) >= 11 is 0. The van der Waals surface area contributed by atoms with Crippen LogP contribution in [0.15, 0.2) is 0 Å². The first-order chi connectivity index (χ1) is 6.30. The van der Waals surface area contributed by atoms with E-state index in [1.54, 1.807) is 14.2 Å². The van der Waals surface area contributed by atoms with Crippen molar-refractivity contribution in [3.63, 3.8) is 0 Å². The average Bonchev–Trinajstić information content (AvgIpc) is 2.08. The molecule has 0 aromatic rings. The van der Waals surface area contributed by atoms with E-state index in [1.165, 1.54) is 0 Å². The molecule has 1 saturated carbocycles. The van der Waals surface area contributed by atoms with E-state index in [4.69, 9.17) is 14.6 Å². The second kappa shape index (κ2) is 5.54. The second-order valence-corrected chi connectivity index (χ2v) is 3.53. The molecule has 0 amide bonds. The predicted molar refractivity (Wildman–Crippen MR) is 49.7 cm³/mol. The summed E-state index contributed by atoms with van der Waals surface area (Å²) in [6, 6.07) is 0.546. The summed E-state index contributed by atoms with van der Waals surface area (Å²) in [4.78, 5) is 0. The Kier molecular flexibility index (Phi) is 4.66. The maximum absolute atomic E-state index is 8.97. The van der Waals surface area contributed by atoms with Gasteiger partial charge in [0.1, 0.15) is 0 Å². The van der Waals surface area contributed by atoms with E-state index >= 15 is 0 Å². The monoisotopic (exact) mass is 189 g/mol. The normalized spacial score (nSPS) is 29.8. The maximum atomic E-state index is 8.97. The van der Waals surface area contributed by atoms with Crippen molar-refractivity contribution in [1.82, 2.24) is 5.32 Å². The van der Waals surface area contributed by atoms with Crippen LogP contribution in [0.25, 0.3) is 0 Å². The lowest BCUT2D eigenvalue weighted by Crippen LogP contribution is -2.51. The van der Waals surface area contributed by atoms with E-state index in [0.717, 1.165) is 12.8 Å². The highest BCUT2D eigenvalue weighted by Crippen LogP contribution is 2.22. The van der Waals surface area contributed by atoms with Gasteiger partial charge < -0.3 is 19.9 Å². The Morgan fingerprint density at radius 2 is 2.15 bits per heavy atom. The molecule has 1 fully saturated rings. The first kappa shape index (κ1) is 10.9. The molecule has 1 aliphatic rings. The van der Waals surface area contributed by atoms with Crippen LogP contribution in [-0.2, 0) is 9.47 Å². The van der Waals surface area contributed by atoms with Crippen LogP contribution in [0.1, 0.15) is 12.8 Å². The van der Waals surface area contributed by atoms with Crippen molar-refractivity contribution < 1.29 is 14.6 Å². The number of nitrogens with one attached hydrogen (secondary N) is 1. The molecule has 1 unspecified atom stereocenters. The minimum atomic E-state index is 0.0628. The molecule has 2 N–H and O–H groups in total. The Morgan fingerprint density at radius 3 is 2.62 bits per heavy atom. The third-order valence-electron chi connectivity index (χ3n) is 2.49. The number of methoxy groups -OCH3 is 2. The van der Waals surface area contributed by atoms with Gasteiger partial charge in [-0.1, -0.05) is 0 Å². The van der Waals surface area contributed by atoms with Gasteiger partial charge in [0.05, 0.1) is 25.4 Å². The lowest BCUT2D eigenvalue weighted by molar-refractivity contribution is 0.00669. The Hall–Kier alpha value is -0.160. The summed E-state index contributed by atoms with van der Waals surface area (Å²) in [5, 5.41) is 12.3. The minimum Gasteiger partial charge on any atom is -0.395 e. The van der Waals surface area contributed by atoms with Gasteiger partial charge in [0, 0.05) is 20.3 Å². The van der Waals surface area contributed by atoms with Crippen LogP contribution in [0.4, 0.5) is 0 Å². The molecule has 0 heterocycles. The summed E-state index contributed by atoms with van der Waals surface area (Å²) < 4.78 is 10.1. The van der Waals surface area contributed by atoms with Crippen molar-refractivity contribution >= 4 is 0 Å². The number of rotatable bonds is 6. The number of ether oxygens (including phenoxy) is 2. The maximum Gasteiger partial charge on any atom is 0.0638 e. The molecule has 1 aliphatic carbocycles. The van der Waals surface area contributed by atoms with Crippen LogP contribution in [-0.4, -0.2) is 50.7 Å². The summed E-state index contributed by atoms with van der Waals surface area (Å²) in [5.41, 5.74) is 0. The molecular formula is C9H19NO3. The van der Waals surface area contributed by atoms with Crippen molar-refractivity contribution in [1.29, 1.82) is 0 Å². The van der Waals surface area contributed by atoms with E-state index in [9.17, 15) is 0 Å². The average molecular weight is 189 g/mol. The second-order valence-electron chi connectivity index (χ2n) is 3.53. The zero-order valence-electron chi connectivity index (χ0n) is 8.32. The van der Waals surface area contributed by atoms with Gasteiger partial charge in [-0.15, -0.1) is 0 Å². The van der Waals surface area contributed by atoms with Gasteiger partial charge in [-0.3, -0.25) is 0 Å². The zero-order valence-corrected chi connectivity index (χ0v) is 8.32. The van der Waals surface area contributed by atoms with Gasteiger partial charge in [-0.05, 0) is 12.8 Å². The van der Waals surface area contributed by atoms with E-state index in [2.05, 4.69) is 5.32 Å². The van der Waals surface area contributed by atoms with Gasteiger partial charge in [0.2, 0.25) is 0 Å². The van der Waals surface area contributed by atoms with Gasteiger partial charge in [0.25, 0.3) is 0 Å². The molecule has 0 aromatic heterocycles. The van der Waals surface area contributed by atoms with E-state index in [-0.39, 0.29) is 12.6 Å². The van der Waals surface area contributed by atoms with Crippen molar-refractivity contribution in [3.05, 3.63) is 0 Å². The largest absolute Gasteiger partial charge is 0.395 e. The number of aliphatic hydroxyl groups is 1. The third kappa shape index (κ3) is 3.23. The van der Waals surface area contributed by atoms with Crippen LogP contribution < -0.4 is 5.32 Å². The molecule has 0 radical (unpaired) electrons. The van der Waals surface area contributed by atoms with Crippen molar-refractivity contribution in [3.8, 4) is 0 Å². The summed E-state index contributed by atoms with van der Waals surface area (Å²) in [5.74, 6) is 0. The van der Waals surface area contributed by atoms with Crippen LogP contribution in [0.2, 0.25) is 0 Å². The van der Waals surface area contributed by atoms with Gasteiger partial charge >= 0.3 is 0 Å².